The fourth-order valence-electron chi connectivity index (χ4n) is 1.46. The summed E-state index contributed by atoms with van der Waals surface area (Å²) in [6.07, 6.45) is -0.711. The molecule has 0 aromatic heterocycles. The van der Waals surface area contributed by atoms with Gasteiger partial charge in [0, 0.05) is 0 Å². The van der Waals surface area contributed by atoms with Crippen LogP contribution in [0.2, 0.25) is 0 Å². The van der Waals surface area contributed by atoms with Crippen LogP contribution in [0.3, 0.4) is 0 Å². The Morgan fingerprint density at radius 1 is 1.43 bits per heavy atom. The average molecular weight is 193 g/mol. The standard InChI is InChI=1S/C10H11NO3/c12-7-11-6-9(14-10(11)13)8-4-2-1-3-5-8/h1-5,9,12H,6-7H2/t9-/m0/s1. The van der Waals surface area contributed by atoms with Crippen molar-refractivity contribution in [3.05, 3.63) is 35.9 Å². The largest absolute Gasteiger partial charge is 0.439 e. The number of carbonyl (C=O) groups is 1. The Morgan fingerprint density at radius 3 is 2.71 bits per heavy atom. The van der Waals surface area contributed by atoms with Crippen LogP contribution < -0.4 is 0 Å². The number of amides is 1. The lowest BCUT2D eigenvalue weighted by Crippen LogP contribution is -2.24. The van der Waals surface area contributed by atoms with Crippen molar-refractivity contribution in [2.45, 2.75) is 6.10 Å². The fraction of sp³-hybridized carbons (Fsp3) is 0.300. The molecule has 1 fully saturated rings. The zero-order valence-corrected chi connectivity index (χ0v) is 7.59. The molecular weight excluding hydrogens is 182 g/mol. The van der Waals surface area contributed by atoms with Crippen molar-refractivity contribution in [3.63, 3.8) is 0 Å². The molecule has 1 aromatic carbocycles. The number of cyclic esters (lactones) is 1. The van der Waals surface area contributed by atoms with Gasteiger partial charge in [-0.2, -0.15) is 0 Å². The lowest BCUT2D eigenvalue weighted by atomic mass is 10.1. The number of aliphatic hydroxyl groups excluding tert-OH is 1. The molecule has 0 spiro atoms. The first-order valence-electron chi connectivity index (χ1n) is 4.42. The van der Waals surface area contributed by atoms with Gasteiger partial charge in [-0.3, -0.25) is 4.90 Å². The molecule has 74 valence electrons. The van der Waals surface area contributed by atoms with Crippen molar-refractivity contribution in [3.8, 4) is 0 Å². The molecule has 1 saturated heterocycles. The maximum absolute atomic E-state index is 11.1. The lowest BCUT2D eigenvalue weighted by molar-refractivity contribution is 0.112. The van der Waals surface area contributed by atoms with Gasteiger partial charge >= 0.3 is 6.09 Å². The van der Waals surface area contributed by atoms with Gasteiger partial charge in [0.15, 0.2) is 0 Å². The Hall–Kier alpha value is -1.55. The molecule has 0 saturated carbocycles. The SMILES string of the molecule is O=C1O[C@H](c2ccccc2)CN1CO. The van der Waals surface area contributed by atoms with Gasteiger partial charge in [-0.15, -0.1) is 0 Å². The maximum atomic E-state index is 11.1. The van der Waals surface area contributed by atoms with E-state index in [0.29, 0.717) is 6.54 Å². The molecule has 4 nitrogen and oxygen atoms in total. The molecule has 14 heavy (non-hydrogen) atoms. The summed E-state index contributed by atoms with van der Waals surface area (Å²) in [6.45, 7) is 0.127. The van der Waals surface area contributed by atoms with Crippen LogP contribution in [-0.2, 0) is 4.74 Å². The normalized spacial score (nSPS) is 21.1. The molecule has 1 aliphatic heterocycles. The van der Waals surface area contributed by atoms with Crippen molar-refractivity contribution < 1.29 is 14.6 Å². The average Bonchev–Trinajstić information content (AvgIpc) is 2.61. The number of carbonyl (C=O) groups excluding carboxylic acids is 1. The molecule has 1 N–H and O–H groups in total. The zero-order valence-electron chi connectivity index (χ0n) is 7.59. The maximum Gasteiger partial charge on any atom is 0.412 e. The van der Waals surface area contributed by atoms with E-state index in [0.717, 1.165) is 5.56 Å². The van der Waals surface area contributed by atoms with Gasteiger partial charge in [-0.25, -0.2) is 4.79 Å². The van der Waals surface area contributed by atoms with Gasteiger partial charge in [0.2, 0.25) is 0 Å². The smallest absolute Gasteiger partial charge is 0.412 e. The predicted molar refractivity (Wildman–Crippen MR) is 49.5 cm³/mol. The summed E-state index contributed by atoms with van der Waals surface area (Å²) in [5.41, 5.74) is 0.955. The molecule has 1 amide bonds. The third kappa shape index (κ3) is 1.56. The molecule has 2 rings (SSSR count). The topological polar surface area (TPSA) is 49.8 Å². The van der Waals surface area contributed by atoms with Gasteiger partial charge in [0.25, 0.3) is 0 Å². The Kier molecular flexibility index (Phi) is 2.37. The number of benzene rings is 1. The number of ether oxygens (including phenoxy) is 1. The van der Waals surface area contributed by atoms with Crippen LogP contribution in [0.4, 0.5) is 4.79 Å². The second-order valence-electron chi connectivity index (χ2n) is 3.15. The minimum absolute atomic E-state index is 0.254. The van der Waals surface area contributed by atoms with E-state index in [1.807, 2.05) is 30.3 Å². The Morgan fingerprint density at radius 2 is 2.14 bits per heavy atom. The predicted octanol–water partition coefficient (Wildman–Crippen LogP) is 1.13. The van der Waals surface area contributed by atoms with Gasteiger partial charge in [0.05, 0.1) is 6.54 Å². The van der Waals surface area contributed by atoms with Crippen LogP contribution in [-0.4, -0.2) is 29.4 Å². The summed E-state index contributed by atoms with van der Waals surface area (Å²) < 4.78 is 5.08. The third-order valence-electron chi connectivity index (χ3n) is 2.23. The summed E-state index contributed by atoms with van der Waals surface area (Å²) >= 11 is 0. The second kappa shape index (κ2) is 3.67. The molecule has 0 radical (unpaired) electrons. The van der Waals surface area contributed by atoms with E-state index >= 15 is 0 Å². The summed E-state index contributed by atoms with van der Waals surface area (Å²) in [6, 6.07) is 9.50. The van der Waals surface area contributed by atoms with Gasteiger partial charge in [0.1, 0.15) is 12.8 Å². The molecule has 1 atom stereocenters. The van der Waals surface area contributed by atoms with Crippen molar-refractivity contribution >= 4 is 6.09 Å². The highest BCUT2D eigenvalue weighted by Gasteiger charge is 2.31. The molecular formula is C10H11NO3. The zero-order chi connectivity index (χ0) is 9.97. The summed E-state index contributed by atoms with van der Waals surface area (Å²) in [4.78, 5) is 12.4. The van der Waals surface area contributed by atoms with Gasteiger partial charge in [-0.05, 0) is 5.56 Å². The Bertz CT molecular complexity index is 325. The van der Waals surface area contributed by atoms with Crippen molar-refractivity contribution in [2.75, 3.05) is 13.3 Å². The number of rotatable bonds is 2. The van der Waals surface area contributed by atoms with Crippen LogP contribution in [0.15, 0.2) is 30.3 Å². The number of aliphatic hydroxyl groups is 1. The molecule has 0 bridgehead atoms. The lowest BCUT2D eigenvalue weighted by Gasteiger charge is -2.08. The molecule has 1 aromatic rings. The van der Waals surface area contributed by atoms with E-state index in [-0.39, 0.29) is 12.8 Å². The number of nitrogens with zero attached hydrogens (tertiary/aromatic N) is 1. The summed E-state index contributed by atoms with van der Waals surface area (Å²) in [5.74, 6) is 0. The molecule has 0 aliphatic carbocycles. The molecule has 4 heteroatoms. The summed E-state index contributed by atoms with van der Waals surface area (Å²) in [7, 11) is 0. The van der Waals surface area contributed by atoms with Crippen LogP contribution in [0, 0.1) is 0 Å². The third-order valence-corrected chi connectivity index (χ3v) is 2.23. The minimum atomic E-state index is -0.457. The minimum Gasteiger partial charge on any atom is -0.439 e. The van der Waals surface area contributed by atoms with E-state index in [2.05, 4.69) is 0 Å². The van der Waals surface area contributed by atoms with Crippen LogP contribution in [0.5, 0.6) is 0 Å². The first-order chi connectivity index (χ1) is 6.81. The fourth-order valence-corrected chi connectivity index (χ4v) is 1.46. The molecule has 0 unspecified atom stereocenters. The van der Waals surface area contributed by atoms with E-state index in [1.165, 1.54) is 4.90 Å². The quantitative estimate of drug-likeness (QED) is 0.766. The Balaban J connectivity index is 2.13. The number of hydrogen-bond donors (Lipinski definition) is 1. The highest BCUT2D eigenvalue weighted by Crippen LogP contribution is 2.24. The van der Waals surface area contributed by atoms with Crippen LogP contribution >= 0.6 is 0 Å². The number of hydrogen-bond acceptors (Lipinski definition) is 3. The highest BCUT2D eigenvalue weighted by atomic mass is 16.6. The van der Waals surface area contributed by atoms with Crippen LogP contribution in [0.1, 0.15) is 11.7 Å². The monoisotopic (exact) mass is 193 g/mol. The van der Waals surface area contributed by atoms with Crippen molar-refractivity contribution in [1.29, 1.82) is 0 Å². The first-order valence-corrected chi connectivity index (χ1v) is 4.42. The van der Waals surface area contributed by atoms with E-state index in [1.54, 1.807) is 0 Å². The highest BCUT2D eigenvalue weighted by molar-refractivity contribution is 5.70. The van der Waals surface area contributed by atoms with Gasteiger partial charge in [-0.1, -0.05) is 30.3 Å². The van der Waals surface area contributed by atoms with Crippen LogP contribution in [0.25, 0.3) is 0 Å². The van der Waals surface area contributed by atoms with Crippen molar-refractivity contribution in [2.24, 2.45) is 0 Å². The molecule has 1 heterocycles. The van der Waals surface area contributed by atoms with E-state index in [9.17, 15) is 4.79 Å². The second-order valence-corrected chi connectivity index (χ2v) is 3.15. The Labute approximate surface area is 81.7 Å². The van der Waals surface area contributed by atoms with Crippen molar-refractivity contribution in [1.82, 2.24) is 4.90 Å². The van der Waals surface area contributed by atoms with E-state index in [4.69, 9.17) is 9.84 Å². The summed E-state index contributed by atoms with van der Waals surface area (Å²) in [5, 5.41) is 8.83. The van der Waals surface area contributed by atoms with E-state index < -0.39 is 6.09 Å². The molecule has 1 aliphatic rings. The first kappa shape index (κ1) is 9.02. The van der Waals surface area contributed by atoms with Gasteiger partial charge < -0.3 is 9.84 Å².